The van der Waals surface area contributed by atoms with E-state index in [-0.39, 0.29) is 6.09 Å². The van der Waals surface area contributed by atoms with Crippen LogP contribution >= 0.6 is 0 Å². The van der Waals surface area contributed by atoms with Gasteiger partial charge in [0.05, 0.1) is 6.54 Å². The highest BCUT2D eigenvalue weighted by Crippen LogP contribution is 2.11. The molecule has 1 saturated heterocycles. The first kappa shape index (κ1) is 21.7. The molecule has 4 heteroatoms. The molecular formula is C21H37NO3. The molecular weight excluding hydrogens is 314 g/mol. The Morgan fingerprint density at radius 2 is 1.28 bits per heavy atom. The fraction of sp³-hybridized carbons (Fsp3) is 0.810. The number of unbranched alkanes of at least 4 members (excludes halogenated alkanes) is 12. The summed E-state index contributed by atoms with van der Waals surface area (Å²) in [6.45, 7) is 2.19. The van der Waals surface area contributed by atoms with Crippen LogP contribution in [-0.4, -0.2) is 37.0 Å². The average molecular weight is 352 g/mol. The number of allylic oxidation sites excluding steroid dienone is 2. The minimum absolute atomic E-state index is 0.135. The number of carbonyl (C=O) groups excluding carboxylic acids is 2. The lowest BCUT2D eigenvalue weighted by atomic mass is 10.1. The Labute approximate surface area is 154 Å². The number of hydrogen-bond acceptors (Lipinski definition) is 3. The number of ether oxygens (including phenoxy) is 1. The second-order valence-electron chi connectivity index (χ2n) is 6.99. The largest absolute Gasteiger partial charge is 0.448 e. The van der Waals surface area contributed by atoms with Crippen LogP contribution in [0, 0.1) is 0 Å². The zero-order chi connectivity index (χ0) is 18.0. The van der Waals surface area contributed by atoms with Crippen molar-refractivity contribution in [2.24, 2.45) is 0 Å². The minimum atomic E-state index is -0.135. The van der Waals surface area contributed by atoms with E-state index in [2.05, 4.69) is 12.2 Å². The Morgan fingerprint density at radius 3 is 1.80 bits per heavy atom. The maximum absolute atomic E-state index is 11.3. The molecule has 0 aromatic rings. The van der Waals surface area contributed by atoms with Gasteiger partial charge in [0.25, 0.3) is 0 Å². The molecule has 1 aliphatic heterocycles. The summed E-state index contributed by atoms with van der Waals surface area (Å²) in [6, 6.07) is 0. The topological polar surface area (TPSA) is 46.6 Å². The molecule has 0 aromatic heterocycles. The van der Waals surface area contributed by atoms with Crippen molar-refractivity contribution >= 4 is 12.4 Å². The second-order valence-corrected chi connectivity index (χ2v) is 6.99. The summed E-state index contributed by atoms with van der Waals surface area (Å²) < 4.78 is 4.92. The number of cyclic esters (lactones) is 1. The normalized spacial score (nSPS) is 14.4. The fourth-order valence-corrected chi connectivity index (χ4v) is 3.16. The monoisotopic (exact) mass is 351 g/mol. The van der Waals surface area contributed by atoms with Crippen LogP contribution in [-0.2, 0) is 9.53 Å². The van der Waals surface area contributed by atoms with Crippen LogP contribution in [0.4, 0.5) is 4.79 Å². The van der Waals surface area contributed by atoms with Gasteiger partial charge >= 0.3 is 6.09 Å². The Kier molecular flexibility index (Phi) is 14.0. The summed E-state index contributed by atoms with van der Waals surface area (Å²) in [5.74, 6) is 0. The summed E-state index contributed by atoms with van der Waals surface area (Å²) >= 11 is 0. The molecule has 1 rings (SSSR count). The Morgan fingerprint density at radius 1 is 0.760 bits per heavy atom. The fourth-order valence-electron chi connectivity index (χ4n) is 3.16. The summed E-state index contributed by atoms with van der Waals surface area (Å²) in [4.78, 5) is 23.3. The predicted octanol–water partition coefficient (Wildman–Crippen LogP) is 5.66. The third kappa shape index (κ3) is 12.7. The Balaban J connectivity index is 1.73. The molecule has 1 heterocycles. The van der Waals surface area contributed by atoms with Crippen LogP contribution in [0.1, 0.15) is 89.9 Å². The molecule has 0 N–H and O–H groups in total. The predicted molar refractivity (Wildman–Crippen MR) is 103 cm³/mol. The van der Waals surface area contributed by atoms with Crippen molar-refractivity contribution in [2.45, 2.75) is 89.9 Å². The van der Waals surface area contributed by atoms with Gasteiger partial charge in [-0.1, -0.05) is 57.1 Å². The summed E-state index contributed by atoms with van der Waals surface area (Å²) in [5.41, 5.74) is 0. The molecule has 0 atom stereocenters. The van der Waals surface area contributed by atoms with Gasteiger partial charge in [0.15, 0.2) is 0 Å². The highest BCUT2D eigenvalue weighted by molar-refractivity contribution is 5.69. The highest BCUT2D eigenvalue weighted by atomic mass is 16.6. The number of nitrogens with zero attached hydrogens (tertiary/aromatic N) is 1. The van der Waals surface area contributed by atoms with Gasteiger partial charge in [-0.2, -0.15) is 0 Å². The second kappa shape index (κ2) is 16.2. The highest BCUT2D eigenvalue weighted by Gasteiger charge is 2.20. The van der Waals surface area contributed by atoms with Crippen molar-refractivity contribution in [3.05, 3.63) is 12.2 Å². The summed E-state index contributed by atoms with van der Waals surface area (Å²) in [6.07, 6.45) is 22.3. The molecule has 0 aromatic carbocycles. The molecule has 4 nitrogen and oxygen atoms in total. The van der Waals surface area contributed by atoms with Crippen LogP contribution in [0.5, 0.6) is 0 Å². The lowest BCUT2D eigenvalue weighted by molar-refractivity contribution is -0.107. The van der Waals surface area contributed by atoms with Crippen molar-refractivity contribution in [1.82, 2.24) is 4.90 Å². The SMILES string of the molecule is O=CCCCCCCCC=CCCCCCCCCN1CCOC1=O. The molecule has 25 heavy (non-hydrogen) atoms. The van der Waals surface area contributed by atoms with Crippen molar-refractivity contribution < 1.29 is 14.3 Å². The minimum Gasteiger partial charge on any atom is -0.448 e. The molecule has 0 aliphatic carbocycles. The number of amides is 1. The van der Waals surface area contributed by atoms with E-state index in [9.17, 15) is 9.59 Å². The molecule has 0 unspecified atom stereocenters. The van der Waals surface area contributed by atoms with Gasteiger partial charge in [-0.15, -0.1) is 0 Å². The Bertz CT molecular complexity index is 368. The maximum Gasteiger partial charge on any atom is 0.409 e. The molecule has 0 bridgehead atoms. The van der Waals surface area contributed by atoms with E-state index in [1.54, 1.807) is 0 Å². The van der Waals surface area contributed by atoms with Crippen molar-refractivity contribution in [2.75, 3.05) is 19.7 Å². The van der Waals surface area contributed by atoms with Gasteiger partial charge < -0.3 is 14.4 Å². The number of rotatable bonds is 17. The number of aldehydes is 1. The number of carbonyl (C=O) groups is 2. The van der Waals surface area contributed by atoms with Crippen molar-refractivity contribution in [1.29, 1.82) is 0 Å². The lowest BCUT2D eigenvalue weighted by Gasteiger charge is -2.11. The Hall–Kier alpha value is -1.32. The summed E-state index contributed by atoms with van der Waals surface area (Å²) in [7, 11) is 0. The first-order valence-corrected chi connectivity index (χ1v) is 10.3. The lowest BCUT2D eigenvalue weighted by Crippen LogP contribution is -2.25. The third-order valence-electron chi connectivity index (χ3n) is 4.75. The third-order valence-corrected chi connectivity index (χ3v) is 4.75. The zero-order valence-electron chi connectivity index (χ0n) is 15.9. The molecule has 144 valence electrons. The smallest absolute Gasteiger partial charge is 0.409 e. The first-order chi connectivity index (χ1) is 12.3. The van der Waals surface area contributed by atoms with Crippen LogP contribution in [0.25, 0.3) is 0 Å². The summed E-state index contributed by atoms with van der Waals surface area (Å²) in [5, 5.41) is 0. The van der Waals surface area contributed by atoms with E-state index < -0.39 is 0 Å². The van der Waals surface area contributed by atoms with Crippen LogP contribution in [0.15, 0.2) is 12.2 Å². The first-order valence-electron chi connectivity index (χ1n) is 10.3. The van der Waals surface area contributed by atoms with E-state index in [0.29, 0.717) is 6.61 Å². The number of hydrogen-bond donors (Lipinski definition) is 0. The van der Waals surface area contributed by atoms with Crippen LogP contribution < -0.4 is 0 Å². The van der Waals surface area contributed by atoms with Gasteiger partial charge in [-0.05, 0) is 38.5 Å². The van der Waals surface area contributed by atoms with Gasteiger partial charge in [0.1, 0.15) is 12.9 Å². The maximum atomic E-state index is 11.3. The van der Waals surface area contributed by atoms with Crippen molar-refractivity contribution in [3.63, 3.8) is 0 Å². The van der Waals surface area contributed by atoms with Gasteiger partial charge in [-0.25, -0.2) is 4.79 Å². The molecule has 1 aliphatic rings. The van der Waals surface area contributed by atoms with E-state index in [0.717, 1.165) is 38.6 Å². The van der Waals surface area contributed by atoms with E-state index >= 15 is 0 Å². The van der Waals surface area contributed by atoms with Gasteiger partial charge in [0.2, 0.25) is 0 Å². The van der Waals surface area contributed by atoms with Gasteiger partial charge in [-0.3, -0.25) is 0 Å². The zero-order valence-corrected chi connectivity index (χ0v) is 15.9. The van der Waals surface area contributed by atoms with E-state index in [4.69, 9.17) is 4.74 Å². The molecule has 1 fully saturated rings. The molecule has 0 radical (unpaired) electrons. The van der Waals surface area contributed by atoms with Crippen molar-refractivity contribution in [3.8, 4) is 0 Å². The molecule has 1 amide bonds. The van der Waals surface area contributed by atoms with E-state index in [1.807, 2.05) is 4.90 Å². The van der Waals surface area contributed by atoms with E-state index in [1.165, 1.54) is 70.6 Å². The standard InChI is InChI=1S/C21H37NO3/c23-19-16-14-12-10-8-6-4-2-1-3-5-7-9-11-13-15-17-22-18-20-25-21(22)24/h1-2,19H,3-18,20H2. The quantitative estimate of drug-likeness (QED) is 0.193. The molecule has 0 saturated carbocycles. The average Bonchev–Trinajstić information content (AvgIpc) is 3.02. The van der Waals surface area contributed by atoms with Crippen LogP contribution in [0.3, 0.4) is 0 Å². The van der Waals surface area contributed by atoms with Gasteiger partial charge in [0, 0.05) is 13.0 Å². The van der Waals surface area contributed by atoms with Crippen LogP contribution in [0.2, 0.25) is 0 Å². The molecule has 0 spiro atoms.